The molecule has 0 bridgehead atoms. The van der Waals surface area contributed by atoms with Gasteiger partial charge in [-0.05, 0) is 0 Å². The lowest BCUT2D eigenvalue weighted by molar-refractivity contribution is 0.981. The molecule has 0 unspecified atom stereocenters. The molecule has 0 aliphatic heterocycles. The van der Waals surface area contributed by atoms with E-state index in [9.17, 15) is 4.79 Å². The van der Waals surface area contributed by atoms with Gasteiger partial charge in [-0.2, -0.15) is 10.2 Å². The molecule has 0 amide bonds. The minimum Gasteiger partial charge on any atom is -0.378 e. The third-order valence-electron chi connectivity index (χ3n) is 1.83. The summed E-state index contributed by atoms with van der Waals surface area (Å²) in [6.07, 6.45) is 4.90. The molecule has 0 radical (unpaired) electrons. The van der Waals surface area contributed by atoms with Crippen LogP contribution in [0.2, 0.25) is 5.02 Å². The fraction of sp³-hybridized carbons (Fsp3) is 0.125. The van der Waals surface area contributed by atoms with Gasteiger partial charge in [-0.3, -0.25) is 9.89 Å². The highest BCUT2D eigenvalue weighted by atomic mass is 35.5. The van der Waals surface area contributed by atoms with Gasteiger partial charge >= 0.3 is 0 Å². The minimum absolute atomic E-state index is 0.105. The second-order valence-electron chi connectivity index (χ2n) is 2.89. The highest BCUT2D eigenvalue weighted by Crippen LogP contribution is 2.14. The van der Waals surface area contributed by atoms with Crippen LogP contribution in [-0.2, 0) is 6.54 Å². The number of rotatable bonds is 3. The number of anilines is 1. The van der Waals surface area contributed by atoms with Crippen molar-refractivity contribution >= 4 is 17.3 Å². The number of aromatic amines is 2. The van der Waals surface area contributed by atoms with Gasteiger partial charge in [-0.1, -0.05) is 11.6 Å². The third-order valence-corrected chi connectivity index (χ3v) is 2.21. The van der Waals surface area contributed by atoms with E-state index in [-0.39, 0.29) is 5.02 Å². The van der Waals surface area contributed by atoms with E-state index in [1.807, 2.05) is 0 Å². The molecule has 0 spiro atoms. The molecule has 0 aromatic carbocycles. The van der Waals surface area contributed by atoms with E-state index in [1.165, 1.54) is 6.20 Å². The van der Waals surface area contributed by atoms with Crippen LogP contribution in [0.4, 0.5) is 5.69 Å². The predicted molar refractivity (Wildman–Crippen MR) is 55.8 cm³/mol. The van der Waals surface area contributed by atoms with Crippen LogP contribution in [0, 0.1) is 0 Å². The molecule has 0 atom stereocenters. The van der Waals surface area contributed by atoms with Gasteiger partial charge in [0.1, 0.15) is 5.02 Å². The molecule has 2 heterocycles. The molecule has 2 rings (SSSR count). The standard InChI is InChI=1S/C8H8ClN5O/c9-7-6(4-13-14-8(7)15)10-1-5-2-11-12-3-5/h2-4H,1H2,(H,11,12)(H2,10,14,15). The molecule has 0 saturated carbocycles. The Morgan fingerprint density at radius 3 is 3.00 bits per heavy atom. The van der Waals surface area contributed by atoms with Crippen molar-refractivity contribution in [1.29, 1.82) is 0 Å². The molecule has 0 fully saturated rings. The quantitative estimate of drug-likeness (QED) is 0.720. The fourth-order valence-electron chi connectivity index (χ4n) is 1.08. The Balaban J connectivity index is 2.12. The van der Waals surface area contributed by atoms with Gasteiger partial charge in [0.15, 0.2) is 0 Å². The van der Waals surface area contributed by atoms with Crippen LogP contribution < -0.4 is 10.9 Å². The van der Waals surface area contributed by atoms with E-state index in [0.717, 1.165) is 5.56 Å². The summed E-state index contributed by atoms with van der Waals surface area (Å²) in [6.45, 7) is 0.529. The molecule has 78 valence electrons. The normalized spacial score (nSPS) is 10.2. The maximum Gasteiger partial charge on any atom is 0.285 e. The van der Waals surface area contributed by atoms with Gasteiger partial charge in [-0.15, -0.1) is 0 Å². The molecule has 3 N–H and O–H groups in total. The minimum atomic E-state index is -0.408. The molecule has 0 aliphatic carbocycles. The second-order valence-corrected chi connectivity index (χ2v) is 3.26. The Labute approximate surface area is 89.7 Å². The Hall–Kier alpha value is -1.82. The van der Waals surface area contributed by atoms with E-state index in [0.29, 0.717) is 12.2 Å². The second kappa shape index (κ2) is 4.14. The van der Waals surface area contributed by atoms with Crippen molar-refractivity contribution in [2.24, 2.45) is 0 Å². The summed E-state index contributed by atoms with van der Waals surface area (Å²) in [5.74, 6) is 0. The van der Waals surface area contributed by atoms with Gasteiger partial charge in [0.05, 0.1) is 18.1 Å². The number of nitrogens with one attached hydrogen (secondary N) is 3. The summed E-state index contributed by atoms with van der Waals surface area (Å²) in [5, 5.41) is 15.4. The summed E-state index contributed by atoms with van der Waals surface area (Å²) in [6, 6.07) is 0. The van der Waals surface area contributed by atoms with Crippen LogP contribution >= 0.6 is 11.6 Å². The SMILES string of the molecule is O=c1[nH]ncc(NCc2cn[nH]c2)c1Cl. The number of H-pyrrole nitrogens is 2. The predicted octanol–water partition coefficient (Wildman–Crippen LogP) is 0.758. The smallest absolute Gasteiger partial charge is 0.285 e. The topological polar surface area (TPSA) is 86.5 Å². The molecule has 0 saturated heterocycles. The van der Waals surface area contributed by atoms with Crippen LogP contribution in [0.25, 0.3) is 0 Å². The highest BCUT2D eigenvalue weighted by molar-refractivity contribution is 6.32. The van der Waals surface area contributed by atoms with E-state index in [4.69, 9.17) is 11.6 Å². The monoisotopic (exact) mass is 225 g/mol. The fourth-order valence-corrected chi connectivity index (χ4v) is 1.24. The number of hydrogen-bond acceptors (Lipinski definition) is 4. The average molecular weight is 226 g/mol. The van der Waals surface area contributed by atoms with Crippen LogP contribution in [0.1, 0.15) is 5.56 Å². The summed E-state index contributed by atoms with van der Waals surface area (Å²) >= 11 is 5.76. The maximum atomic E-state index is 11.1. The van der Waals surface area contributed by atoms with Crippen LogP contribution in [0.3, 0.4) is 0 Å². The van der Waals surface area contributed by atoms with Crippen LogP contribution in [0.15, 0.2) is 23.4 Å². The molecule has 6 nitrogen and oxygen atoms in total. The number of aromatic nitrogens is 4. The van der Waals surface area contributed by atoms with Crippen LogP contribution in [0.5, 0.6) is 0 Å². The van der Waals surface area contributed by atoms with Gasteiger partial charge in [-0.25, -0.2) is 5.10 Å². The Bertz CT molecular complexity index is 492. The molecule has 2 aromatic heterocycles. The van der Waals surface area contributed by atoms with Gasteiger partial charge < -0.3 is 5.32 Å². The highest BCUT2D eigenvalue weighted by Gasteiger charge is 2.04. The van der Waals surface area contributed by atoms with E-state index in [1.54, 1.807) is 12.4 Å². The summed E-state index contributed by atoms with van der Waals surface area (Å²) in [5.41, 5.74) is 1.06. The van der Waals surface area contributed by atoms with E-state index < -0.39 is 5.56 Å². The first-order valence-electron chi connectivity index (χ1n) is 4.22. The lowest BCUT2D eigenvalue weighted by Gasteiger charge is -2.04. The number of nitrogens with zero attached hydrogens (tertiary/aromatic N) is 2. The van der Waals surface area contributed by atoms with Gasteiger partial charge in [0.2, 0.25) is 0 Å². The Kier molecular flexibility index (Phi) is 2.68. The van der Waals surface area contributed by atoms with Gasteiger partial charge in [0, 0.05) is 18.3 Å². The number of halogens is 1. The molecule has 0 aliphatic rings. The zero-order valence-electron chi connectivity index (χ0n) is 7.62. The largest absolute Gasteiger partial charge is 0.378 e. The molecule has 7 heteroatoms. The van der Waals surface area contributed by atoms with Crippen molar-refractivity contribution in [1.82, 2.24) is 20.4 Å². The van der Waals surface area contributed by atoms with E-state index in [2.05, 4.69) is 25.7 Å². The molecule has 2 aromatic rings. The molecular formula is C8H8ClN5O. The summed E-state index contributed by atoms with van der Waals surface area (Å²) in [7, 11) is 0. The lowest BCUT2D eigenvalue weighted by Crippen LogP contribution is -2.11. The zero-order valence-corrected chi connectivity index (χ0v) is 8.38. The van der Waals surface area contributed by atoms with Gasteiger partial charge in [0.25, 0.3) is 5.56 Å². The first-order chi connectivity index (χ1) is 7.27. The van der Waals surface area contributed by atoms with Crippen molar-refractivity contribution in [3.05, 3.63) is 39.5 Å². The summed E-state index contributed by atoms with van der Waals surface area (Å²) in [4.78, 5) is 11.1. The van der Waals surface area contributed by atoms with Crippen molar-refractivity contribution in [3.8, 4) is 0 Å². The number of hydrogen-bond donors (Lipinski definition) is 3. The molecule has 15 heavy (non-hydrogen) atoms. The lowest BCUT2D eigenvalue weighted by atomic mass is 10.3. The van der Waals surface area contributed by atoms with Crippen molar-refractivity contribution < 1.29 is 0 Å². The Morgan fingerprint density at radius 1 is 1.40 bits per heavy atom. The van der Waals surface area contributed by atoms with Crippen LogP contribution in [-0.4, -0.2) is 20.4 Å². The average Bonchev–Trinajstić information content (AvgIpc) is 2.73. The van der Waals surface area contributed by atoms with Crippen molar-refractivity contribution in [2.75, 3.05) is 5.32 Å². The van der Waals surface area contributed by atoms with Crippen molar-refractivity contribution in [2.45, 2.75) is 6.54 Å². The maximum absolute atomic E-state index is 11.1. The molecular weight excluding hydrogens is 218 g/mol. The zero-order chi connectivity index (χ0) is 10.7. The third kappa shape index (κ3) is 2.16. The summed E-state index contributed by atoms with van der Waals surface area (Å²) < 4.78 is 0. The Morgan fingerprint density at radius 2 is 2.27 bits per heavy atom. The first-order valence-corrected chi connectivity index (χ1v) is 4.60. The van der Waals surface area contributed by atoms with Crippen molar-refractivity contribution in [3.63, 3.8) is 0 Å². The first kappa shape index (κ1) is 9.72. The van der Waals surface area contributed by atoms with E-state index >= 15 is 0 Å².